The molecule has 1 saturated heterocycles. The number of hydrogen-bond donors (Lipinski definition) is 1. The summed E-state index contributed by atoms with van der Waals surface area (Å²) in [6.45, 7) is 6.92. The van der Waals surface area contributed by atoms with E-state index in [4.69, 9.17) is 10.5 Å². The van der Waals surface area contributed by atoms with E-state index in [1.165, 1.54) is 0 Å². The first-order valence-corrected chi connectivity index (χ1v) is 8.90. The van der Waals surface area contributed by atoms with Crippen LogP contribution in [0.5, 0.6) is 0 Å². The average molecular weight is 306 g/mol. The van der Waals surface area contributed by atoms with Crippen molar-refractivity contribution in [1.82, 2.24) is 4.90 Å². The largest absolute Gasteiger partial charge is 0.465 e. The van der Waals surface area contributed by atoms with E-state index < -0.39 is 21.3 Å². The molecule has 0 saturated carbocycles. The molecule has 118 valence electrons. The summed E-state index contributed by atoms with van der Waals surface area (Å²) in [5.74, 6) is 0.0146. The fraction of sp³-hybridized carbons (Fsp3) is 0.923. The van der Waals surface area contributed by atoms with Crippen LogP contribution in [0.15, 0.2) is 0 Å². The van der Waals surface area contributed by atoms with Crippen LogP contribution in [-0.4, -0.2) is 62.1 Å². The molecule has 2 N–H and O–H groups in total. The predicted octanol–water partition coefficient (Wildman–Crippen LogP) is 0.166. The quantitative estimate of drug-likeness (QED) is 0.728. The standard InChI is InChI=1S/C13H26N2O4S/c1-4-19-12(16)13(3,14)10-11(2)15-6-5-8-20(17,18)9-7-15/h11H,4-10,14H2,1-3H3. The van der Waals surface area contributed by atoms with Crippen LogP contribution in [0.25, 0.3) is 0 Å². The third kappa shape index (κ3) is 5.03. The van der Waals surface area contributed by atoms with Gasteiger partial charge in [-0.3, -0.25) is 9.69 Å². The van der Waals surface area contributed by atoms with Gasteiger partial charge in [0.05, 0.1) is 18.1 Å². The number of carbonyl (C=O) groups is 1. The Hall–Kier alpha value is -0.660. The van der Waals surface area contributed by atoms with E-state index in [2.05, 4.69) is 4.90 Å². The number of sulfone groups is 1. The zero-order valence-electron chi connectivity index (χ0n) is 12.6. The number of ether oxygens (including phenoxy) is 1. The average Bonchev–Trinajstić information content (AvgIpc) is 2.50. The number of nitrogens with zero attached hydrogens (tertiary/aromatic N) is 1. The van der Waals surface area contributed by atoms with Crippen molar-refractivity contribution in [2.45, 2.75) is 45.2 Å². The van der Waals surface area contributed by atoms with Crippen molar-refractivity contribution in [3.8, 4) is 0 Å². The summed E-state index contributed by atoms with van der Waals surface area (Å²) in [4.78, 5) is 13.9. The van der Waals surface area contributed by atoms with Crippen LogP contribution in [0.4, 0.5) is 0 Å². The molecule has 1 rings (SSSR count). The molecule has 7 heteroatoms. The molecule has 0 amide bonds. The highest BCUT2D eigenvalue weighted by molar-refractivity contribution is 7.91. The fourth-order valence-electron chi connectivity index (χ4n) is 2.52. The molecule has 2 atom stereocenters. The van der Waals surface area contributed by atoms with E-state index in [1.807, 2.05) is 6.92 Å². The highest BCUT2D eigenvalue weighted by Gasteiger charge is 2.34. The van der Waals surface area contributed by atoms with Crippen LogP contribution >= 0.6 is 0 Å². The molecule has 2 unspecified atom stereocenters. The summed E-state index contributed by atoms with van der Waals surface area (Å²) in [6.07, 6.45) is 1.08. The maximum atomic E-state index is 11.8. The van der Waals surface area contributed by atoms with Crippen molar-refractivity contribution in [1.29, 1.82) is 0 Å². The molecule has 0 aromatic heterocycles. The molecule has 1 fully saturated rings. The molecule has 1 heterocycles. The van der Waals surface area contributed by atoms with Crippen LogP contribution in [-0.2, 0) is 19.4 Å². The van der Waals surface area contributed by atoms with Crippen molar-refractivity contribution in [2.24, 2.45) is 5.73 Å². The van der Waals surface area contributed by atoms with Crippen molar-refractivity contribution >= 4 is 15.8 Å². The number of esters is 1. The second-order valence-electron chi connectivity index (χ2n) is 5.73. The number of rotatable bonds is 5. The Bertz CT molecular complexity index is 434. The smallest absolute Gasteiger partial charge is 0.325 e. The second kappa shape index (κ2) is 6.87. The van der Waals surface area contributed by atoms with Crippen LogP contribution < -0.4 is 5.73 Å². The minimum atomic E-state index is -2.92. The van der Waals surface area contributed by atoms with Crippen molar-refractivity contribution in [2.75, 3.05) is 31.2 Å². The Morgan fingerprint density at radius 2 is 2.05 bits per heavy atom. The van der Waals surface area contributed by atoms with Gasteiger partial charge in [0, 0.05) is 12.6 Å². The Balaban J connectivity index is 2.61. The van der Waals surface area contributed by atoms with E-state index >= 15 is 0 Å². The summed E-state index contributed by atoms with van der Waals surface area (Å²) in [6, 6.07) is 0.0442. The lowest BCUT2D eigenvalue weighted by Gasteiger charge is -2.32. The van der Waals surface area contributed by atoms with Gasteiger partial charge in [-0.15, -0.1) is 0 Å². The first-order valence-electron chi connectivity index (χ1n) is 7.08. The van der Waals surface area contributed by atoms with Gasteiger partial charge in [-0.1, -0.05) is 0 Å². The van der Waals surface area contributed by atoms with Crippen LogP contribution in [0.2, 0.25) is 0 Å². The van der Waals surface area contributed by atoms with Gasteiger partial charge in [0.25, 0.3) is 0 Å². The number of hydrogen-bond acceptors (Lipinski definition) is 6. The predicted molar refractivity (Wildman–Crippen MR) is 78.1 cm³/mol. The molecule has 20 heavy (non-hydrogen) atoms. The van der Waals surface area contributed by atoms with Gasteiger partial charge in [-0.2, -0.15) is 0 Å². The first kappa shape index (κ1) is 17.4. The summed E-state index contributed by atoms with van der Waals surface area (Å²) < 4.78 is 28.2. The lowest BCUT2D eigenvalue weighted by Crippen LogP contribution is -2.51. The minimum Gasteiger partial charge on any atom is -0.465 e. The number of nitrogens with two attached hydrogens (primary N) is 1. The molecule has 0 aromatic rings. The van der Waals surface area contributed by atoms with Gasteiger partial charge < -0.3 is 10.5 Å². The highest BCUT2D eigenvalue weighted by Crippen LogP contribution is 2.18. The molecule has 0 aliphatic carbocycles. The van der Waals surface area contributed by atoms with Gasteiger partial charge >= 0.3 is 5.97 Å². The molecule has 0 spiro atoms. The monoisotopic (exact) mass is 306 g/mol. The Kier molecular flexibility index (Phi) is 5.97. The summed E-state index contributed by atoms with van der Waals surface area (Å²) in [5.41, 5.74) is 4.99. The molecule has 0 aromatic carbocycles. The zero-order chi connectivity index (χ0) is 15.4. The third-order valence-corrected chi connectivity index (χ3v) is 5.39. The van der Waals surface area contributed by atoms with E-state index in [1.54, 1.807) is 13.8 Å². The molecule has 6 nitrogen and oxygen atoms in total. The second-order valence-corrected chi connectivity index (χ2v) is 8.04. The van der Waals surface area contributed by atoms with Gasteiger partial charge in [-0.05, 0) is 40.2 Å². The molecular weight excluding hydrogens is 280 g/mol. The van der Waals surface area contributed by atoms with Gasteiger partial charge in [0.15, 0.2) is 9.84 Å². The molecule has 1 aliphatic heterocycles. The van der Waals surface area contributed by atoms with Crippen LogP contribution in [0.3, 0.4) is 0 Å². The lowest BCUT2D eigenvalue weighted by molar-refractivity contribution is -0.149. The number of carbonyl (C=O) groups excluding carboxylic acids is 1. The SMILES string of the molecule is CCOC(=O)C(C)(N)CC(C)N1CCCS(=O)(=O)CC1. The Labute approximate surface area is 121 Å². The van der Waals surface area contributed by atoms with E-state index in [9.17, 15) is 13.2 Å². The summed E-state index contributed by atoms with van der Waals surface area (Å²) in [7, 11) is -2.92. The van der Waals surface area contributed by atoms with Crippen molar-refractivity contribution in [3.05, 3.63) is 0 Å². The van der Waals surface area contributed by atoms with Crippen LogP contribution in [0, 0.1) is 0 Å². The highest BCUT2D eigenvalue weighted by atomic mass is 32.2. The Morgan fingerprint density at radius 1 is 1.40 bits per heavy atom. The van der Waals surface area contributed by atoms with E-state index in [-0.39, 0.29) is 17.5 Å². The lowest BCUT2D eigenvalue weighted by atomic mass is 9.94. The molecule has 0 bridgehead atoms. The zero-order valence-corrected chi connectivity index (χ0v) is 13.4. The van der Waals surface area contributed by atoms with E-state index in [0.29, 0.717) is 26.0 Å². The molecular formula is C13H26N2O4S. The first-order chi connectivity index (χ1) is 9.18. The van der Waals surface area contributed by atoms with Gasteiger partial charge in [0.2, 0.25) is 0 Å². The molecule has 0 radical (unpaired) electrons. The van der Waals surface area contributed by atoms with Gasteiger partial charge in [0.1, 0.15) is 5.54 Å². The molecule has 1 aliphatic rings. The van der Waals surface area contributed by atoms with Crippen LogP contribution in [0.1, 0.15) is 33.6 Å². The summed E-state index contributed by atoms with van der Waals surface area (Å²) in [5, 5.41) is 0. The Morgan fingerprint density at radius 3 is 2.65 bits per heavy atom. The maximum absolute atomic E-state index is 11.8. The topological polar surface area (TPSA) is 89.7 Å². The van der Waals surface area contributed by atoms with Crippen molar-refractivity contribution in [3.63, 3.8) is 0 Å². The minimum absolute atomic E-state index is 0.0442. The fourth-order valence-corrected chi connectivity index (χ4v) is 3.81. The maximum Gasteiger partial charge on any atom is 0.325 e. The summed E-state index contributed by atoms with van der Waals surface area (Å²) >= 11 is 0. The van der Waals surface area contributed by atoms with E-state index in [0.717, 1.165) is 6.54 Å². The normalized spacial score (nSPS) is 24.4. The third-order valence-electron chi connectivity index (χ3n) is 3.67. The van der Waals surface area contributed by atoms with Gasteiger partial charge in [-0.25, -0.2) is 8.42 Å². The van der Waals surface area contributed by atoms with Crippen molar-refractivity contribution < 1.29 is 17.9 Å².